The lowest BCUT2D eigenvalue weighted by atomic mass is 10.1. The van der Waals surface area contributed by atoms with Crippen LogP contribution in [-0.2, 0) is 15.8 Å². The predicted octanol–water partition coefficient (Wildman–Crippen LogP) is 4.56. The lowest BCUT2D eigenvalue weighted by molar-refractivity contribution is -0.138. The summed E-state index contributed by atoms with van der Waals surface area (Å²) < 4.78 is 52.7. The number of alkyl halides is 3. The smallest absolute Gasteiger partial charge is 0.416 e. The number of benzene rings is 1. The van der Waals surface area contributed by atoms with Gasteiger partial charge in [-0.1, -0.05) is 35.6 Å². The summed E-state index contributed by atoms with van der Waals surface area (Å²) in [4.78, 5) is 23.9. The topological polar surface area (TPSA) is 57.6 Å². The molecule has 1 saturated heterocycles. The number of hydrogen-bond acceptors (Lipinski definition) is 4. The molecule has 0 aliphatic carbocycles. The van der Waals surface area contributed by atoms with Crippen molar-refractivity contribution in [2.45, 2.75) is 19.0 Å². The van der Waals surface area contributed by atoms with Crippen LogP contribution in [0.2, 0.25) is 5.02 Å². The molecule has 0 atom stereocenters. The van der Waals surface area contributed by atoms with Crippen LogP contribution < -0.4 is 0 Å². The Morgan fingerprint density at radius 1 is 1.38 bits per heavy atom. The summed E-state index contributed by atoms with van der Waals surface area (Å²) in [6.45, 7) is 0.0418. The van der Waals surface area contributed by atoms with E-state index in [9.17, 15) is 27.2 Å². The van der Waals surface area contributed by atoms with Gasteiger partial charge in [-0.15, -0.1) is 0 Å². The highest BCUT2D eigenvalue weighted by Crippen LogP contribution is 2.37. The Morgan fingerprint density at radius 2 is 2.04 bits per heavy atom. The number of carboxylic acids is 1. The first-order chi connectivity index (χ1) is 12.0. The van der Waals surface area contributed by atoms with Crippen molar-refractivity contribution >= 4 is 57.9 Å². The zero-order valence-electron chi connectivity index (χ0n) is 12.8. The molecule has 0 aromatic heterocycles. The average Bonchev–Trinajstić information content (AvgIpc) is 2.77. The van der Waals surface area contributed by atoms with Crippen molar-refractivity contribution in [3.8, 4) is 0 Å². The summed E-state index contributed by atoms with van der Waals surface area (Å²) in [6.07, 6.45) is -3.80. The molecule has 1 aliphatic rings. The largest absolute Gasteiger partial charge is 0.481 e. The number of nitrogens with zero attached hydrogens (tertiary/aromatic N) is 1. The van der Waals surface area contributed by atoms with Gasteiger partial charge in [0.15, 0.2) is 0 Å². The van der Waals surface area contributed by atoms with Gasteiger partial charge in [0.25, 0.3) is 5.91 Å². The van der Waals surface area contributed by atoms with Gasteiger partial charge in [0.2, 0.25) is 0 Å². The number of halogens is 5. The molecule has 0 spiro atoms. The van der Waals surface area contributed by atoms with Crippen LogP contribution in [0.1, 0.15) is 24.0 Å². The quantitative estimate of drug-likeness (QED) is 0.424. The van der Waals surface area contributed by atoms with Crippen LogP contribution in [0.3, 0.4) is 0 Å². The van der Waals surface area contributed by atoms with E-state index < -0.39 is 40.0 Å². The van der Waals surface area contributed by atoms with Crippen molar-refractivity contribution in [2.24, 2.45) is 0 Å². The Balaban J connectivity index is 2.30. The summed E-state index contributed by atoms with van der Waals surface area (Å²) in [5, 5.41) is 7.90. The number of thioether (sulfide) groups is 1. The van der Waals surface area contributed by atoms with Gasteiger partial charge in [0.05, 0.1) is 15.5 Å². The van der Waals surface area contributed by atoms with Crippen molar-refractivity contribution in [1.29, 1.82) is 0 Å². The molecular weight excluding hydrogens is 418 g/mol. The second-order valence-corrected chi connectivity index (χ2v) is 7.27. The molecule has 11 heteroatoms. The lowest BCUT2D eigenvalue weighted by Crippen LogP contribution is -2.29. The van der Waals surface area contributed by atoms with E-state index in [-0.39, 0.29) is 28.6 Å². The molecule has 1 heterocycles. The van der Waals surface area contributed by atoms with E-state index in [1.807, 2.05) is 0 Å². The third-order valence-corrected chi connectivity index (χ3v) is 4.97. The number of hydrogen-bond donors (Lipinski definition) is 1. The zero-order valence-corrected chi connectivity index (χ0v) is 15.2. The number of carboxylic acid groups (broad SMARTS) is 1. The Kier molecular flexibility index (Phi) is 6.30. The number of thiocarbonyl (C=S) groups is 1. The molecule has 1 fully saturated rings. The SMILES string of the molecule is O=C(O)CCCN1C(=O)C(=Cc2cc(C(F)(F)F)cc(Cl)c2F)SC1=S. The van der Waals surface area contributed by atoms with Gasteiger partial charge >= 0.3 is 12.1 Å². The van der Waals surface area contributed by atoms with Gasteiger partial charge in [-0.2, -0.15) is 13.2 Å². The van der Waals surface area contributed by atoms with Crippen LogP contribution in [0, 0.1) is 5.82 Å². The van der Waals surface area contributed by atoms with Gasteiger partial charge < -0.3 is 5.11 Å². The molecule has 0 bridgehead atoms. The molecule has 1 N–H and O–H groups in total. The summed E-state index contributed by atoms with van der Waals surface area (Å²) in [5.41, 5.74) is -1.64. The molecule has 1 amide bonds. The lowest BCUT2D eigenvalue weighted by Gasteiger charge is -2.13. The van der Waals surface area contributed by atoms with E-state index in [4.69, 9.17) is 28.9 Å². The fourth-order valence-corrected chi connectivity index (χ4v) is 3.63. The number of carbonyl (C=O) groups is 2. The average molecular weight is 428 g/mol. The van der Waals surface area contributed by atoms with E-state index in [1.165, 1.54) is 0 Å². The maximum atomic E-state index is 14.1. The van der Waals surface area contributed by atoms with Gasteiger partial charge in [-0.25, -0.2) is 4.39 Å². The van der Waals surface area contributed by atoms with Crippen molar-refractivity contribution in [2.75, 3.05) is 6.54 Å². The van der Waals surface area contributed by atoms with Crippen molar-refractivity contribution < 1.29 is 32.3 Å². The summed E-state index contributed by atoms with van der Waals surface area (Å²) in [7, 11) is 0. The Hall–Kier alpha value is -1.65. The van der Waals surface area contributed by atoms with Crippen LogP contribution in [0.15, 0.2) is 17.0 Å². The maximum absolute atomic E-state index is 14.1. The Bertz CT molecular complexity index is 811. The molecule has 4 nitrogen and oxygen atoms in total. The Morgan fingerprint density at radius 3 is 2.62 bits per heavy atom. The minimum atomic E-state index is -4.73. The standard InChI is InChI=1S/C15H10ClF4NO3S2/c16-9-6-8(15(18,19)20)4-7(12(9)17)5-10-13(24)21(14(25)26-10)3-1-2-11(22)23/h4-6H,1-3H2,(H,22,23). The van der Waals surface area contributed by atoms with Gasteiger partial charge in [0.1, 0.15) is 10.1 Å². The molecule has 1 aromatic carbocycles. The second kappa shape index (κ2) is 7.93. The molecule has 26 heavy (non-hydrogen) atoms. The maximum Gasteiger partial charge on any atom is 0.416 e. The molecule has 1 aromatic rings. The second-order valence-electron chi connectivity index (χ2n) is 5.19. The van der Waals surface area contributed by atoms with E-state index in [1.54, 1.807) is 0 Å². The van der Waals surface area contributed by atoms with E-state index in [0.717, 1.165) is 22.7 Å². The van der Waals surface area contributed by atoms with Crippen LogP contribution in [0.4, 0.5) is 17.6 Å². The molecule has 1 aliphatic heterocycles. The molecule has 0 unspecified atom stereocenters. The monoisotopic (exact) mass is 427 g/mol. The predicted molar refractivity (Wildman–Crippen MR) is 93.2 cm³/mol. The fraction of sp³-hybridized carbons (Fsp3) is 0.267. The molecule has 0 saturated carbocycles. The van der Waals surface area contributed by atoms with Crippen LogP contribution >= 0.6 is 35.6 Å². The van der Waals surface area contributed by atoms with Gasteiger partial charge in [-0.05, 0) is 24.6 Å². The first-order valence-corrected chi connectivity index (χ1v) is 8.64. The summed E-state index contributed by atoms with van der Waals surface area (Å²) in [6, 6.07) is 1.02. The number of aliphatic carboxylic acids is 1. The highest BCUT2D eigenvalue weighted by Gasteiger charge is 2.34. The minimum Gasteiger partial charge on any atom is -0.481 e. The van der Waals surface area contributed by atoms with Crippen LogP contribution in [-0.4, -0.2) is 32.7 Å². The van der Waals surface area contributed by atoms with Gasteiger partial charge in [0, 0.05) is 18.5 Å². The highest BCUT2D eigenvalue weighted by molar-refractivity contribution is 8.26. The normalized spacial score (nSPS) is 16.7. The van der Waals surface area contributed by atoms with Crippen LogP contribution in [0.5, 0.6) is 0 Å². The van der Waals surface area contributed by atoms with Crippen molar-refractivity contribution in [3.05, 3.63) is 39.0 Å². The number of amides is 1. The summed E-state index contributed by atoms with van der Waals surface area (Å²) >= 11 is 11.3. The molecule has 0 radical (unpaired) electrons. The third-order valence-electron chi connectivity index (χ3n) is 3.32. The number of carbonyl (C=O) groups excluding carboxylic acids is 1. The van der Waals surface area contributed by atoms with Crippen molar-refractivity contribution in [3.63, 3.8) is 0 Å². The Labute approximate surface area is 159 Å². The fourth-order valence-electron chi connectivity index (χ4n) is 2.10. The number of rotatable bonds is 5. The zero-order chi connectivity index (χ0) is 19.6. The molecular formula is C15H10ClF4NO3S2. The summed E-state index contributed by atoms with van der Waals surface area (Å²) in [5.74, 6) is -2.75. The highest BCUT2D eigenvalue weighted by atomic mass is 35.5. The first kappa shape index (κ1) is 20.7. The van der Waals surface area contributed by atoms with E-state index >= 15 is 0 Å². The molecule has 2 rings (SSSR count). The first-order valence-electron chi connectivity index (χ1n) is 7.04. The molecule has 140 valence electrons. The van der Waals surface area contributed by atoms with Crippen molar-refractivity contribution in [1.82, 2.24) is 4.90 Å². The van der Waals surface area contributed by atoms with E-state index in [2.05, 4.69) is 0 Å². The van der Waals surface area contributed by atoms with Gasteiger partial charge in [-0.3, -0.25) is 14.5 Å². The van der Waals surface area contributed by atoms with Crippen LogP contribution in [0.25, 0.3) is 6.08 Å². The minimum absolute atomic E-state index is 0.0418. The third kappa shape index (κ3) is 4.74. The van der Waals surface area contributed by atoms with E-state index in [0.29, 0.717) is 12.1 Å².